The van der Waals surface area contributed by atoms with Crippen LogP contribution >= 0.6 is 0 Å². The highest BCUT2D eigenvalue weighted by molar-refractivity contribution is 5.95. The average molecular weight is 390 g/mol. The van der Waals surface area contributed by atoms with Crippen LogP contribution in [0.2, 0.25) is 0 Å². The van der Waals surface area contributed by atoms with Crippen LogP contribution in [0.15, 0.2) is 55.0 Å². The fraction of sp³-hybridized carbons (Fsp3) is 0.348. The maximum absolute atomic E-state index is 13.2. The third-order valence-electron chi connectivity index (χ3n) is 5.53. The molecule has 1 amide bonds. The predicted octanol–water partition coefficient (Wildman–Crippen LogP) is 3.10. The minimum absolute atomic E-state index is 0.0868. The molecule has 1 aliphatic heterocycles. The highest BCUT2D eigenvalue weighted by Gasteiger charge is 2.26. The number of hydrogen-bond acceptors (Lipinski definition) is 4. The number of carbonyl (C=O) groups is 1. The second-order valence-corrected chi connectivity index (χ2v) is 7.53. The molecule has 0 spiro atoms. The number of piperazine rings is 1. The maximum Gasteiger partial charge on any atom is 0.257 e. The van der Waals surface area contributed by atoms with Gasteiger partial charge in [-0.2, -0.15) is 5.10 Å². The molecule has 4 rings (SSSR count). The normalized spacial score (nSPS) is 14.9. The van der Waals surface area contributed by atoms with E-state index in [0.717, 1.165) is 56.1 Å². The molecule has 3 aromatic rings. The van der Waals surface area contributed by atoms with Crippen LogP contribution in [-0.2, 0) is 13.0 Å². The molecule has 0 aliphatic carbocycles. The fourth-order valence-electron chi connectivity index (χ4n) is 3.83. The minimum Gasteiger partial charge on any atom is -0.336 e. The summed E-state index contributed by atoms with van der Waals surface area (Å²) in [5.41, 5.74) is 5.15. The van der Waals surface area contributed by atoms with Gasteiger partial charge in [-0.15, -0.1) is 0 Å². The molecule has 0 N–H and O–H groups in total. The number of aromatic nitrogens is 3. The largest absolute Gasteiger partial charge is 0.336 e. The van der Waals surface area contributed by atoms with Crippen molar-refractivity contribution in [2.75, 3.05) is 26.2 Å². The van der Waals surface area contributed by atoms with Gasteiger partial charge < -0.3 is 4.90 Å². The number of carbonyl (C=O) groups excluding carboxylic acids is 1. The van der Waals surface area contributed by atoms with Crippen molar-refractivity contribution < 1.29 is 4.79 Å². The molecule has 1 fully saturated rings. The molecule has 1 aromatic carbocycles. The van der Waals surface area contributed by atoms with Gasteiger partial charge in [0.1, 0.15) is 0 Å². The van der Waals surface area contributed by atoms with Crippen molar-refractivity contribution >= 4 is 5.91 Å². The van der Waals surface area contributed by atoms with Gasteiger partial charge in [-0.3, -0.25) is 14.7 Å². The summed E-state index contributed by atoms with van der Waals surface area (Å²) in [5.74, 6) is 0.0868. The number of nitrogens with zero attached hydrogens (tertiary/aromatic N) is 5. The molecule has 0 radical (unpaired) electrons. The van der Waals surface area contributed by atoms with Gasteiger partial charge in [0.25, 0.3) is 5.91 Å². The van der Waals surface area contributed by atoms with Crippen molar-refractivity contribution in [3.8, 4) is 5.69 Å². The molecule has 6 heteroatoms. The summed E-state index contributed by atoms with van der Waals surface area (Å²) in [7, 11) is 0. The first-order chi connectivity index (χ1) is 14.2. The lowest BCUT2D eigenvalue weighted by atomic mass is 10.1. The van der Waals surface area contributed by atoms with E-state index in [9.17, 15) is 4.79 Å². The first kappa shape index (κ1) is 19.3. The summed E-state index contributed by atoms with van der Waals surface area (Å²) >= 11 is 0. The van der Waals surface area contributed by atoms with Crippen molar-refractivity contribution in [1.82, 2.24) is 24.6 Å². The van der Waals surface area contributed by atoms with Gasteiger partial charge in [0.15, 0.2) is 0 Å². The average Bonchev–Trinajstić information content (AvgIpc) is 3.19. The molecule has 1 aliphatic rings. The lowest BCUT2D eigenvalue weighted by molar-refractivity contribution is 0.0627. The molecule has 6 nitrogen and oxygen atoms in total. The van der Waals surface area contributed by atoms with E-state index < -0.39 is 0 Å². The van der Waals surface area contributed by atoms with Gasteiger partial charge in [0.05, 0.1) is 23.1 Å². The molecular formula is C23H27N5O. The van der Waals surface area contributed by atoms with Crippen molar-refractivity contribution in [3.05, 3.63) is 77.4 Å². The van der Waals surface area contributed by atoms with E-state index in [4.69, 9.17) is 0 Å². The molecule has 2 aromatic heterocycles. The van der Waals surface area contributed by atoms with E-state index in [1.807, 2.05) is 46.2 Å². The van der Waals surface area contributed by atoms with Gasteiger partial charge >= 0.3 is 0 Å². The smallest absolute Gasteiger partial charge is 0.257 e. The zero-order valence-electron chi connectivity index (χ0n) is 17.1. The second-order valence-electron chi connectivity index (χ2n) is 7.53. The van der Waals surface area contributed by atoms with E-state index >= 15 is 0 Å². The monoisotopic (exact) mass is 389 g/mol. The molecule has 150 valence electrons. The fourth-order valence-corrected chi connectivity index (χ4v) is 3.83. The summed E-state index contributed by atoms with van der Waals surface area (Å²) in [4.78, 5) is 21.6. The summed E-state index contributed by atoms with van der Waals surface area (Å²) in [6.45, 7) is 8.27. The predicted molar refractivity (Wildman–Crippen MR) is 113 cm³/mol. The Kier molecular flexibility index (Phi) is 5.71. The van der Waals surface area contributed by atoms with Crippen molar-refractivity contribution in [2.24, 2.45) is 0 Å². The Morgan fingerprint density at radius 1 is 1.00 bits per heavy atom. The number of hydrogen-bond donors (Lipinski definition) is 0. The van der Waals surface area contributed by atoms with Crippen LogP contribution in [-0.4, -0.2) is 56.7 Å². The molecule has 29 heavy (non-hydrogen) atoms. The number of aryl methyl sites for hydroxylation is 1. The van der Waals surface area contributed by atoms with Gasteiger partial charge in [-0.1, -0.05) is 24.6 Å². The van der Waals surface area contributed by atoms with E-state index in [2.05, 4.69) is 41.0 Å². The first-order valence-electron chi connectivity index (χ1n) is 10.2. The molecule has 0 unspecified atom stereocenters. The Balaban J connectivity index is 1.44. The van der Waals surface area contributed by atoms with Crippen LogP contribution in [0.25, 0.3) is 5.69 Å². The lowest BCUT2D eigenvalue weighted by Gasteiger charge is -2.34. The maximum atomic E-state index is 13.2. The molecule has 0 saturated carbocycles. The van der Waals surface area contributed by atoms with Crippen LogP contribution < -0.4 is 0 Å². The standard InChI is InChI=1S/C23H27N5O/c1-3-22-21(16-25-28(22)20-6-4-18(2)5-7-20)23(29)27-14-12-26(13-15-27)17-19-8-10-24-11-9-19/h4-11,16H,3,12-15,17H2,1-2H3. The number of benzene rings is 1. The Labute approximate surface area is 171 Å². The van der Waals surface area contributed by atoms with E-state index in [1.54, 1.807) is 6.20 Å². The van der Waals surface area contributed by atoms with Crippen molar-refractivity contribution in [2.45, 2.75) is 26.8 Å². The third kappa shape index (κ3) is 4.22. The zero-order valence-corrected chi connectivity index (χ0v) is 17.1. The number of rotatable bonds is 5. The number of pyridine rings is 1. The Morgan fingerprint density at radius 3 is 2.34 bits per heavy atom. The van der Waals surface area contributed by atoms with E-state index in [-0.39, 0.29) is 5.91 Å². The highest BCUT2D eigenvalue weighted by atomic mass is 16.2. The van der Waals surface area contributed by atoms with Crippen LogP contribution in [0.3, 0.4) is 0 Å². The first-order valence-corrected chi connectivity index (χ1v) is 10.2. The molecule has 0 bridgehead atoms. The van der Waals surface area contributed by atoms with Crippen LogP contribution in [0.1, 0.15) is 34.1 Å². The van der Waals surface area contributed by atoms with Crippen LogP contribution in [0.5, 0.6) is 0 Å². The topological polar surface area (TPSA) is 54.3 Å². The molecule has 1 saturated heterocycles. The van der Waals surface area contributed by atoms with Gasteiger partial charge in [-0.05, 0) is 43.2 Å². The Bertz CT molecular complexity index is 957. The van der Waals surface area contributed by atoms with Crippen molar-refractivity contribution in [3.63, 3.8) is 0 Å². The lowest BCUT2D eigenvalue weighted by Crippen LogP contribution is -2.48. The minimum atomic E-state index is 0.0868. The summed E-state index contributed by atoms with van der Waals surface area (Å²) in [6.07, 6.45) is 6.14. The van der Waals surface area contributed by atoms with Gasteiger partial charge in [-0.25, -0.2) is 4.68 Å². The Hall–Kier alpha value is -2.99. The van der Waals surface area contributed by atoms with E-state index in [0.29, 0.717) is 0 Å². The quantitative estimate of drug-likeness (QED) is 0.673. The van der Waals surface area contributed by atoms with E-state index in [1.165, 1.54) is 11.1 Å². The SMILES string of the molecule is CCc1c(C(=O)N2CCN(Cc3ccncc3)CC2)cnn1-c1ccc(C)cc1. The molecule has 0 atom stereocenters. The molecular weight excluding hydrogens is 362 g/mol. The Morgan fingerprint density at radius 2 is 1.69 bits per heavy atom. The van der Waals surface area contributed by atoms with Gasteiger partial charge in [0.2, 0.25) is 0 Å². The zero-order chi connectivity index (χ0) is 20.2. The van der Waals surface area contributed by atoms with Crippen molar-refractivity contribution in [1.29, 1.82) is 0 Å². The summed E-state index contributed by atoms with van der Waals surface area (Å²) in [5, 5.41) is 4.53. The summed E-state index contributed by atoms with van der Waals surface area (Å²) < 4.78 is 1.90. The molecule has 3 heterocycles. The highest BCUT2D eigenvalue weighted by Crippen LogP contribution is 2.19. The van der Waals surface area contributed by atoms with Crippen LogP contribution in [0, 0.1) is 6.92 Å². The summed E-state index contributed by atoms with van der Waals surface area (Å²) in [6, 6.07) is 12.3. The third-order valence-corrected chi connectivity index (χ3v) is 5.53. The second kappa shape index (κ2) is 8.57. The van der Waals surface area contributed by atoms with Gasteiger partial charge in [0, 0.05) is 45.1 Å². The van der Waals surface area contributed by atoms with Crippen LogP contribution in [0.4, 0.5) is 0 Å². The number of amides is 1.